The molecule has 0 aliphatic heterocycles. The van der Waals surface area contributed by atoms with E-state index in [1.54, 1.807) is 6.08 Å². The van der Waals surface area contributed by atoms with E-state index in [2.05, 4.69) is 27.4 Å². The molecule has 0 saturated carbocycles. The summed E-state index contributed by atoms with van der Waals surface area (Å²) in [6.07, 6.45) is 11.9. The Morgan fingerprint density at radius 3 is 1.75 bits per heavy atom. The first-order valence-electron chi connectivity index (χ1n) is 13.8. The molecule has 0 aromatic heterocycles. The van der Waals surface area contributed by atoms with Crippen LogP contribution in [0.4, 0.5) is 0 Å². The van der Waals surface area contributed by atoms with Crippen LogP contribution in [0.1, 0.15) is 85.5 Å². The van der Waals surface area contributed by atoms with Crippen molar-refractivity contribution in [3.05, 3.63) is 24.3 Å². The van der Waals surface area contributed by atoms with Crippen molar-refractivity contribution in [2.24, 2.45) is 11.3 Å². The van der Waals surface area contributed by atoms with Crippen molar-refractivity contribution >= 4 is 36.3 Å². The van der Waals surface area contributed by atoms with Crippen molar-refractivity contribution in [2.75, 3.05) is 14.2 Å². The maximum absolute atomic E-state index is 13.3. The molecule has 0 bridgehead atoms. The predicted molar refractivity (Wildman–Crippen MR) is 147 cm³/mol. The molecule has 0 aromatic carbocycles. The molecule has 0 fully saturated rings. The molecular weight excluding hydrogens is 563 g/mol. The molecule has 1 rings (SSSR count). The average Bonchev–Trinajstić information content (AvgIpc) is 2.87. The number of methoxy groups -OCH3 is 2. The quantitative estimate of drug-likeness (QED) is 0.0578. The fraction of sp³-hybridized carbons (Fsp3) is 0.759. The molecule has 0 aromatic rings. The summed E-state index contributed by atoms with van der Waals surface area (Å²) in [6, 6.07) is 0. The van der Waals surface area contributed by atoms with Crippen LogP contribution >= 0.6 is 0 Å². The number of unbranched alkanes of at least 4 members (excludes halogenated alkanes) is 3. The zero-order valence-corrected chi connectivity index (χ0v) is 26.5. The van der Waals surface area contributed by atoms with E-state index in [-0.39, 0.29) is 18.5 Å². The Bertz CT molecular complexity index is 721. The zero-order chi connectivity index (χ0) is 27.2. The molecule has 0 heterocycles. The number of carbonyl (C=O) groups excluding carboxylic acids is 3. The first-order valence-corrected chi connectivity index (χ1v) is 21.9. The van der Waals surface area contributed by atoms with Crippen molar-refractivity contribution in [3.63, 3.8) is 0 Å². The normalized spacial score (nSPS) is 17.9. The van der Waals surface area contributed by atoms with Gasteiger partial charge in [-0.2, -0.15) is 0 Å². The van der Waals surface area contributed by atoms with Crippen LogP contribution < -0.4 is 0 Å². The van der Waals surface area contributed by atoms with Gasteiger partial charge in [0, 0.05) is 0 Å². The van der Waals surface area contributed by atoms with Gasteiger partial charge in [0.25, 0.3) is 0 Å². The van der Waals surface area contributed by atoms with Gasteiger partial charge >= 0.3 is 224 Å². The summed E-state index contributed by atoms with van der Waals surface area (Å²) in [5, 5.41) is 0. The molecule has 0 amide bonds. The Balaban J connectivity index is 3.35. The second-order valence-electron chi connectivity index (χ2n) is 10.6. The molecule has 0 saturated heterocycles. The number of hydrogen-bond acceptors (Lipinski definition) is 6. The van der Waals surface area contributed by atoms with Crippen molar-refractivity contribution in [1.82, 2.24) is 0 Å². The Kier molecular flexibility index (Phi) is 15.0. The van der Waals surface area contributed by atoms with Gasteiger partial charge in [-0.15, -0.1) is 0 Å². The van der Waals surface area contributed by atoms with Crippen LogP contribution in [0.25, 0.3) is 0 Å². The average molecular weight is 613 g/mol. The molecule has 6 nitrogen and oxygen atoms in total. The van der Waals surface area contributed by atoms with Crippen LogP contribution in [-0.2, 0) is 28.6 Å². The molecule has 7 heteroatoms. The third-order valence-corrected chi connectivity index (χ3v) is 23.4. The van der Waals surface area contributed by atoms with Gasteiger partial charge in [0.2, 0.25) is 0 Å². The molecule has 0 unspecified atom stereocenters. The molecule has 36 heavy (non-hydrogen) atoms. The van der Waals surface area contributed by atoms with Crippen LogP contribution in [0.3, 0.4) is 0 Å². The van der Waals surface area contributed by atoms with Gasteiger partial charge in [0.15, 0.2) is 0 Å². The van der Waals surface area contributed by atoms with Crippen LogP contribution in [0, 0.1) is 11.3 Å². The van der Waals surface area contributed by atoms with E-state index in [0.717, 1.165) is 10.0 Å². The van der Waals surface area contributed by atoms with E-state index in [1.165, 1.54) is 73.0 Å². The van der Waals surface area contributed by atoms with Gasteiger partial charge in [0.1, 0.15) is 0 Å². The molecule has 1 aliphatic carbocycles. The summed E-state index contributed by atoms with van der Waals surface area (Å²) in [6.45, 7) is 12.6. The molecular formula is C29H50O6Sn. The van der Waals surface area contributed by atoms with Gasteiger partial charge in [-0.1, -0.05) is 0 Å². The van der Waals surface area contributed by atoms with E-state index in [1.807, 2.05) is 6.08 Å². The number of esters is 3. The summed E-state index contributed by atoms with van der Waals surface area (Å²) in [7, 11) is 2.65. The SMILES string of the molecule is C=C(CC(C(=O)OC)(C(=O)OC)[C@@H]1C=C[C@@H](OC(C)=O)CC1)[CH2][Sn]([CH2]CCC)([CH2]CCC)[CH2]CCC. The van der Waals surface area contributed by atoms with Crippen LogP contribution in [-0.4, -0.2) is 56.6 Å². The molecule has 0 N–H and O–H groups in total. The van der Waals surface area contributed by atoms with Gasteiger partial charge < -0.3 is 0 Å². The summed E-state index contributed by atoms with van der Waals surface area (Å²) < 4.78 is 20.8. The summed E-state index contributed by atoms with van der Waals surface area (Å²) in [5.41, 5.74) is -0.490. The minimum atomic E-state index is -2.59. The van der Waals surface area contributed by atoms with Crippen LogP contribution in [0.2, 0.25) is 17.7 Å². The minimum absolute atomic E-state index is 0.239. The van der Waals surface area contributed by atoms with Gasteiger partial charge in [0.05, 0.1) is 0 Å². The number of carbonyl (C=O) groups is 3. The fourth-order valence-corrected chi connectivity index (χ4v) is 22.3. The second-order valence-corrected chi connectivity index (χ2v) is 24.4. The van der Waals surface area contributed by atoms with E-state index < -0.39 is 41.6 Å². The Morgan fingerprint density at radius 1 is 0.889 bits per heavy atom. The van der Waals surface area contributed by atoms with Gasteiger partial charge in [-0.05, 0) is 0 Å². The summed E-state index contributed by atoms with van der Waals surface area (Å²) >= 11 is -2.59. The molecule has 0 radical (unpaired) electrons. The summed E-state index contributed by atoms with van der Waals surface area (Å²) in [5.74, 6) is -1.91. The third kappa shape index (κ3) is 9.21. The van der Waals surface area contributed by atoms with Crippen LogP contribution in [0.15, 0.2) is 24.3 Å². The molecule has 206 valence electrons. The summed E-state index contributed by atoms with van der Waals surface area (Å²) in [4.78, 5) is 38.1. The number of rotatable bonds is 17. The maximum atomic E-state index is 13.3. The fourth-order valence-electron chi connectivity index (χ4n) is 5.82. The Hall–Kier alpha value is -1.31. The van der Waals surface area contributed by atoms with Crippen molar-refractivity contribution in [1.29, 1.82) is 0 Å². The standard InChI is InChI=1S/C17H23O6.3C4H9.Sn/c1-11(2)10-17(15(19)21-4,16(20)22-5)13-6-8-14(9-7-13)23-12(3)18;3*1-3-4-2;/h6,8,13-14H,1-2,7,9-10H2,3-5H3;3*1,3-4H2,2H3;/t13-,14-;;;;/m1..../s1. The number of allylic oxidation sites excluding steroid dienone is 2. The third-order valence-electron chi connectivity index (χ3n) is 7.71. The Morgan fingerprint density at radius 2 is 1.39 bits per heavy atom. The zero-order valence-electron chi connectivity index (χ0n) is 23.7. The monoisotopic (exact) mass is 614 g/mol. The van der Waals surface area contributed by atoms with Gasteiger partial charge in [-0.25, -0.2) is 0 Å². The second kappa shape index (κ2) is 16.5. The Labute approximate surface area is 223 Å². The molecule has 1 aliphatic rings. The van der Waals surface area contributed by atoms with Crippen LogP contribution in [0.5, 0.6) is 0 Å². The topological polar surface area (TPSA) is 78.9 Å². The number of hydrogen-bond donors (Lipinski definition) is 0. The van der Waals surface area contributed by atoms with Gasteiger partial charge in [-0.3, -0.25) is 0 Å². The van der Waals surface area contributed by atoms with E-state index in [9.17, 15) is 14.4 Å². The van der Waals surface area contributed by atoms with Crippen molar-refractivity contribution in [3.8, 4) is 0 Å². The molecule has 0 spiro atoms. The van der Waals surface area contributed by atoms with E-state index >= 15 is 0 Å². The van der Waals surface area contributed by atoms with E-state index in [4.69, 9.17) is 14.2 Å². The van der Waals surface area contributed by atoms with Crippen molar-refractivity contribution in [2.45, 2.75) is 109 Å². The number of ether oxygens (including phenoxy) is 3. The predicted octanol–water partition coefficient (Wildman–Crippen LogP) is 7.01. The first-order chi connectivity index (χ1) is 17.1. The molecule has 2 atom stereocenters. The first kappa shape index (κ1) is 32.7. The van der Waals surface area contributed by atoms with E-state index in [0.29, 0.717) is 12.8 Å². The van der Waals surface area contributed by atoms with Crippen molar-refractivity contribution < 1.29 is 28.6 Å².